The number of hydrogen-bond acceptors (Lipinski definition) is 4. The van der Waals surface area contributed by atoms with E-state index >= 15 is 0 Å². The molecule has 0 spiro atoms. The molecule has 1 saturated carbocycles. The molecule has 2 N–H and O–H groups in total. The summed E-state index contributed by atoms with van der Waals surface area (Å²) in [7, 11) is 0. The number of nitrogens with zero attached hydrogens (tertiary/aromatic N) is 2. The molecule has 1 unspecified atom stereocenters. The first-order chi connectivity index (χ1) is 17.3. The van der Waals surface area contributed by atoms with Gasteiger partial charge in [-0.1, -0.05) is 31.4 Å². The number of fused-ring (bicyclic) bond motifs is 1. The summed E-state index contributed by atoms with van der Waals surface area (Å²) in [4.78, 5) is 17.7. The largest absolute Gasteiger partial charge is 0.508 e. The summed E-state index contributed by atoms with van der Waals surface area (Å²) in [5.74, 6) is -0.138. The second kappa shape index (κ2) is 9.72. The maximum Gasteiger partial charge on any atom is 0.408 e. The molecule has 2 aromatic carbocycles. The Balaban J connectivity index is 1.45. The zero-order valence-corrected chi connectivity index (χ0v) is 19.5. The predicted molar refractivity (Wildman–Crippen MR) is 129 cm³/mol. The number of rotatable bonds is 6. The minimum absolute atomic E-state index is 0.0397. The fourth-order valence-electron chi connectivity index (χ4n) is 4.90. The van der Waals surface area contributed by atoms with Crippen molar-refractivity contribution in [1.29, 1.82) is 0 Å². The van der Waals surface area contributed by atoms with Gasteiger partial charge < -0.3 is 19.4 Å². The molecule has 5 rings (SSSR count). The lowest BCUT2D eigenvalue weighted by molar-refractivity contribution is -0.153. The average molecular weight is 498 g/mol. The molecule has 0 radical (unpaired) electrons. The Labute approximate surface area is 205 Å². The maximum absolute atomic E-state index is 13.7. The van der Waals surface area contributed by atoms with Crippen LogP contribution in [0, 0.1) is 0 Å². The maximum atomic E-state index is 13.7. The lowest BCUT2D eigenvalue weighted by Gasteiger charge is -2.25. The summed E-state index contributed by atoms with van der Waals surface area (Å²) >= 11 is 0. The zero-order valence-electron chi connectivity index (χ0n) is 19.5. The molecular formula is C27H26F3N3O3. The van der Waals surface area contributed by atoms with Crippen LogP contribution >= 0.6 is 0 Å². The van der Waals surface area contributed by atoms with Gasteiger partial charge in [-0.15, -0.1) is 0 Å². The van der Waals surface area contributed by atoms with E-state index in [0.717, 1.165) is 42.6 Å². The Bertz CT molecular complexity index is 1340. The second-order valence-electron chi connectivity index (χ2n) is 9.25. The van der Waals surface area contributed by atoms with Crippen LogP contribution in [-0.4, -0.2) is 32.8 Å². The number of phenols is 1. The van der Waals surface area contributed by atoms with Crippen LogP contribution in [0.3, 0.4) is 0 Å². The van der Waals surface area contributed by atoms with E-state index in [9.17, 15) is 23.1 Å². The lowest BCUT2D eigenvalue weighted by Crippen LogP contribution is -2.46. The number of benzene rings is 2. The van der Waals surface area contributed by atoms with Gasteiger partial charge in [0.2, 0.25) is 0 Å². The molecule has 2 heterocycles. The zero-order chi connectivity index (χ0) is 25.3. The first-order valence-electron chi connectivity index (χ1n) is 12.0. The number of imidazole rings is 1. The summed E-state index contributed by atoms with van der Waals surface area (Å²) in [6.45, 7) is 0. The SMILES string of the molecule is O=C(NC(Cc1ccc(O)cc1)C(F)(F)F)c1ccc2c(c1)nc(-c1ccoc1)n2C1CCCCC1. The first-order valence-corrected chi connectivity index (χ1v) is 12.0. The fraction of sp³-hybridized carbons (Fsp3) is 0.333. The van der Waals surface area contributed by atoms with E-state index in [1.807, 2.05) is 6.07 Å². The average Bonchev–Trinajstić information content (AvgIpc) is 3.52. The summed E-state index contributed by atoms with van der Waals surface area (Å²) in [6.07, 6.45) is 3.57. The number of furan rings is 1. The van der Waals surface area contributed by atoms with Gasteiger partial charge in [-0.05, 0) is 54.8 Å². The molecule has 6 nitrogen and oxygen atoms in total. The van der Waals surface area contributed by atoms with Crippen LogP contribution in [0.2, 0.25) is 0 Å². The third-order valence-corrected chi connectivity index (χ3v) is 6.75. The van der Waals surface area contributed by atoms with Crippen molar-refractivity contribution in [2.75, 3.05) is 0 Å². The molecule has 0 saturated heterocycles. The molecule has 1 aliphatic rings. The molecule has 1 atom stereocenters. The smallest absolute Gasteiger partial charge is 0.408 e. The van der Waals surface area contributed by atoms with E-state index in [0.29, 0.717) is 11.1 Å². The molecule has 0 aliphatic heterocycles. The number of amides is 1. The van der Waals surface area contributed by atoms with Crippen molar-refractivity contribution in [3.05, 3.63) is 72.2 Å². The predicted octanol–water partition coefficient (Wildman–Crippen LogP) is 6.41. The molecule has 1 fully saturated rings. The van der Waals surface area contributed by atoms with Gasteiger partial charge in [-0.2, -0.15) is 13.2 Å². The van der Waals surface area contributed by atoms with E-state index in [-0.39, 0.29) is 17.4 Å². The van der Waals surface area contributed by atoms with Crippen LogP contribution < -0.4 is 5.32 Å². The highest BCUT2D eigenvalue weighted by atomic mass is 19.4. The summed E-state index contributed by atoms with van der Waals surface area (Å²) in [5.41, 5.74) is 2.66. The number of carbonyl (C=O) groups excluding carboxylic acids is 1. The van der Waals surface area contributed by atoms with E-state index in [4.69, 9.17) is 9.40 Å². The molecule has 9 heteroatoms. The standard InChI is InChI=1S/C27H26F3N3O3/c28-27(29,30)24(14-17-6-9-21(34)10-7-17)32-26(35)18-8-11-23-22(15-18)31-25(19-12-13-36-16-19)33(23)20-4-2-1-3-5-20/h6-13,15-16,20,24,34H,1-5,14H2,(H,32,35). The van der Waals surface area contributed by atoms with Gasteiger partial charge in [-0.3, -0.25) is 4.79 Å². The van der Waals surface area contributed by atoms with Crippen molar-refractivity contribution >= 4 is 16.9 Å². The minimum atomic E-state index is -4.64. The quantitative estimate of drug-likeness (QED) is 0.323. The van der Waals surface area contributed by atoms with Crippen LogP contribution in [0.25, 0.3) is 22.4 Å². The first kappa shape index (κ1) is 24.0. The number of alkyl halides is 3. The Morgan fingerprint density at radius 2 is 1.86 bits per heavy atom. The number of aromatic hydroxyl groups is 1. The number of aromatic nitrogens is 2. The van der Waals surface area contributed by atoms with Gasteiger partial charge in [0.05, 0.1) is 22.9 Å². The second-order valence-corrected chi connectivity index (χ2v) is 9.25. The summed E-state index contributed by atoms with van der Waals surface area (Å²) in [5, 5.41) is 11.5. The van der Waals surface area contributed by atoms with Crippen LogP contribution in [0.15, 0.2) is 65.5 Å². The molecular weight excluding hydrogens is 471 g/mol. The molecule has 188 valence electrons. The number of halogens is 3. The summed E-state index contributed by atoms with van der Waals surface area (Å²) < 4.78 is 48.7. The third kappa shape index (κ3) is 4.96. The van der Waals surface area contributed by atoms with E-state index < -0.39 is 24.5 Å². The number of phenolic OH excluding ortho intramolecular Hbond substituents is 1. The van der Waals surface area contributed by atoms with Crippen molar-refractivity contribution in [3.8, 4) is 17.1 Å². The monoisotopic (exact) mass is 497 g/mol. The Morgan fingerprint density at radius 1 is 1.11 bits per heavy atom. The topological polar surface area (TPSA) is 80.3 Å². The molecule has 36 heavy (non-hydrogen) atoms. The minimum Gasteiger partial charge on any atom is -0.508 e. The highest BCUT2D eigenvalue weighted by molar-refractivity contribution is 5.98. The lowest BCUT2D eigenvalue weighted by atomic mass is 9.95. The molecule has 0 bridgehead atoms. The van der Waals surface area contributed by atoms with Gasteiger partial charge >= 0.3 is 6.18 Å². The molecule has 2 aromatic heterocycles. The van der Waals surface area contributed by atoms with Crippen molar-refractivity contribution in [3.63, 3.8) is 0 Å². The Hall–Kier alpha value is -3.75. The molecule has 1 amide bonds. The van der Waals surface area contributed by atoms with Crippen LogP contribution in [0.5, 0.6) is 5.75 Å². The van der Waals surface area contributed by atoms with Crippen molar-refractivity contribution < 1.29 is 27.5 Å². The fourth-order valence-corrected chi connectivity index (χ4v) is 4.90. The number of nitrogens with one attached hydrogen (secondary N) is 1. The number of hydrogen-bond donors (Lipinski definition) is 2. The van der Waals surface area contributed by atoms with Crippen molar-refractivity contribution in [1.82, 2.24) is 14.9 Å². The van der Waals surface area contributed by atoms with Crippen molar-refractivity contribution in [2.45, 2.75) is 56.8 Å². The molecule has 1 aliphatic carbocycles. The van der Waals surface area contributed by atoms with Gasteiger partial charge in [0.25, 0.3) is 5.91 Å². The molecule has 4 aromatic rings. The highest BCUT2D eigenvalue weighted by Gasteiger charge is 2.40. The van der Waals surface area contributed by atoms with Crippen LogP contribution in [-0.2, 0) is 6.42 Å². The van der Waals surface area contributed by atoms with Crippen molar-refractivity contribution in [2.24, 2.45) is 0 Å². The summed E-state index contributed by atoms with van der Waals surface area (Å²) in [6, 6.07) is 10.3. The Morgan fingerprint density at radius 3 is 2.53 bits per heavy atom. The highest BCUT2D eigenvalue weighted by Crippen LogP contribution is 2.36. The van der Waals surface area contributed by atoms with Gasteiger partial charge in [0.1, 0.15) is 23.9 Å². The van der Waals surface area contributed by atoms with Gasteiger partial charge in [0.15, 0.2) is 0 Å². The van der Waals surface area contributed by atoms with E-state index in [2.05, 4.69) is 9.88 Å². The van der Waals surface area contributed by atoms with Crippen LogP contribution in [0.4, 0.5) is 13.2 Å². The van der Waals surface area contributed by atoms with Crippen LogP contribution in [0.1, 0.15) is 54.1 Å². The van der Waals surface area contributed by atoms with Gasteiger partial charge in [-0.25, -0.2) is 4.98 Å². The van der Waals surface area contributed by atoms with E-state index in [1.54, 1.807) is 30.7 Å². The third-order valence-electron chi connectivity index (χ3n) is 6.75. The van der Waals surface area contributed by atoms with Gasteiger partial charge in [0, 0.05) is 18.0 Å². The normalized spacial score (nSPS) is 15.8. The Kier molecular flexibility index (Phi) is 6.47. The van der Waals surface area contributed by atoms with E-state index in [1.165, 1.54) is 30.7 Å². The number of carbonyl (C=O) groups is 1.